The molecule has 172 valence electrons. The molecular weight excluding hydrogens is 438 g/mol. The van der Waals surface area contributed by atoms with E-state index in [1.54, 1.807) is 30.5 Å². The first-order valence-corrected chi connectivity index (χ1v) is 10.4. The molecule has 0 aliphatic carbocycles. The first-order chi connectivity index (χ1) is 15.9. The lowest BCUT2D eigenvalue weighted by Gasteiger charge is -2.19. The van der Waals surface area contributed by atoms with E-state index in [4.69, 9.17) is 0 Å². The van der Waals surface area contributed by atoms with Crippen LogP contribution in [0, 0.1) is 17.5 Å². The topological polar surface area (TPSA) is 65.5 Å². The smallest absolute Gasteiger partial charge is 0.251 e. The zero-order chi connectivity index (χ0) is 23.5. The van der Waals surface area contributed by atoms with Gasteiger partial charge in [-0.1, -0.05) is 6.07 Å². The minimum Gasteiger partial charge on any atom is -0.389 e. The first-order valence-electron chi connectivity index (χ1n) is 10.4. The number of nitrogens with zero attached hydrogens (tertiary/aromatic N) is 2. The van der Waals surface area contributed by atoms with Crippen molar-refractivity contribution in [1.29, 1.82) is 0 Å². The summed E-state index contributed by atoms with van der Waals surface area (Å²) in [7, 11) is 0. The number of halogens is 4. The average Bonchev–Trinajstić information content (AvgIpc) is 3.25. The minimum atomic E-state index is -1.50. The Morgan fingerprint density at radius 3 is 2.61 bits per heavy atom. The number of hydrogen-bond donors (Lipinski definition) is 2. The van der Waals surface area contributed by atoms with Gasteiger partial charge in [-0.2, -0.15) is 0 Å². The zero-order valence-electron chi connectivity index (χ0n) is 17.5. The van der Waals surface area contributed by atoms with Crippen LogP contribution in [0.25, 0.3) is 0 Å². The molecule has 5 nitrogen and oxygen atoms in total. The van der Waals surface area contributed by atoms with Crippen molar-refractivity contribution in [2.75, 3.05) is 24.7 Å². The zero-order valence-corrected chi connectivity index (χ0v) is 17.5. The molecule has 4 rings (SSSR count). The number of fused-ring (bicyclic) bond motifs is 1. The van der Waals surface area contributed by atoms with Crippen LogP contribution in [0.15, 0.2) is 48.7 Å². The van der Waals surface area contributed by atoms with Crippen molar-refractivity contribution in [2.24, 2.45) is 0 Å². The summed E-state index contributed by atoms with van der Waals surface area (Å²) in [5, 5.41) is 11.9. The first kappa shape index (κ1) is 22.7. The number of alkyl halides is 1. The van der Waals surface area contributed by atoms with Gasteiger partial charge >= 0.3 is 0 Å². The second-order valence-electron chi connectivity index (χ2n) is 7.80. The fourth-order valence-electron chi connectivity index (χ4n) is 3.91. The Morgan fingerprint density at radius 1 is 1.12 bits per heavy atom. The van der Waals surface area contributed by atoms with Crippen molar-refractivity contribution in [2.45, 2.75) is 18.9 Å². The van der Waals surface area contributed by atoms with Gasteiger partial charge in [-0.05, 0) is 65.9 Å². The number of benzene rings is 2. The van der Waals surface area contributed by atoms with E-state index >= 15 is 0 Å². The highest BCUT2D eigenvalue weighted by molar-refractivity contribution is 5.98. The summed E-state index contributed by atoms with van der Waals surface area (Å²) in [4.78, 5) is 18.9. The number of carbonyl (C=O) groups excluding carboxylic acids is 1. The van der Waals surface area contributed by atoms with Crippen LogP contribution in [0.3, 0.4) is 0 Å². The lowest BCUT2D eigenvalue weighted by atomic mass is 10.0. The van der Waals surface area contributed by atoms with E-state index in [-0.39, 0.29) is 13.0 Å². The highest BCUT2D eigenvalue weighted by Gasteiger charge is 2.26. The van der Waals surface area contributed by atoms with Crippen molar-refractivity contribution in [3.05, 3.63) is 88.4 Å². The number of carbonyl (C=O) groups is 1. The Kier molecular flexibility index (Phi) is 6.60. The van der Waals surface area contributed by atoms with Crippen LogP contribution in [0.2, 0.25) is 0 Å². The molecule has 1 atom stereocenters. The second-order valence-corrected chi connectivity index (χ2v) is 7.80. The average molecular weight is 459 g/mol. The second kappa shape index (κ2) is 9.58. The van der Waals surface area contributed by atoms with Gasteiger partial charge in [0, 0.05) is 30.5 Å². The maximum absolute atomic E-state index is 13.6. The van der Waals surface area contributed by atoms with Gasteiger partial charge in [0.1, 0.15) is 12.5 Å². The van der Waals surface area contributed by atoms with Gasteiger partial charge in [0.2, 0.25) is 0 Å². The van der Waals surface area contributed by atoms with Crippen molar-refractivity contribution in [1.82, 2.24) is 10.3 Å². The maximum atomic E-state index is 13.6. The Bertz CT molecular complexity index is 1170. The van der Waals surface area contributed by atoms with Gasteiger partial charge < -0.3 is 15.3 Å². The largest absolute Gasteiger partial charge is 0.389 e. The maximum Gasteiger partial charge on any atom is 0.251 e. The summed E-state index contributed by atoms with van der Waals surface area (Å²) < 4.78 is 52.8. The summed E-state index contributed by atoms with van der Waals surface area (Å²) in [5.74, 6) is -3.78. The third-order valence-corrected chi connectivity index (χ3v) is 5.49. The molecule has 0 spiro atoms. The molecule has 2 aromatic carbocycles. The third-order valence-electron chi connectivity index (χ3n) is 5.49. The molecule has 3 aromatic rings. The van der Waals surface area contributed by atoms with E-state index in [0.717, 1.165) is 28.9 Å². The molecule has 9 heteroatoms. The van der Waals surface area contributed by atoms with Gasteiger partial charge in [0.05, 0.1) is 6.10 Å². The fraction of sp³-hybridized carbons (Fsp3) is 0.250. The lowest BCUT2D eigenvalue weighted by molar-refractivity contribution is 0.0894. The van der Waals surface area contributed by atoms with Crippen LogP contribution in [0.1, 0.15) is 27.0 Å². The molecule has 0 radical (unpaired) electrons. The number of hydrogen-bond acceptors (Lipinski definition) is 4. The predicted octanol–water partition coefficient (Wildman–Crippen LogP) is 3.84. The number of aliphatic hydroxyl groups excluding tert-OH is 1. The fourth-order valence-corrected chi connectivity index (χ4v) is 3.91. The minimum absolute atomic E-state index is 0.184. The van der Waals surface area contributed by atoms with Gasteiger partial charge in [-0.15, -0.1) is 0 Å². The van der Waals surface area contributed by atoms with Gasteiger partial charge in [0.15, 0.2) is 17.5 Å². The van der Waals surface area contributed by atoms with Crippen molar-refractivity contribution < 1.29 is 27.5 Å². The van der Waals surface area contributed by atoms with Crippen molar-refractivity contribution in [3.63, 3.8) is 0 Å². The molecule has 0 unspecified atom stereocenters. The van der Waals surface area contributed by atoms with Crippen LogP contribution in [0.5, 0.6) is 0 Å². The van der Waals surface area contributed by atoms with Gasteiger partial charge in [-0.25, -0.2) is 22.5 Å². The summed E-state index contributed by atoms with van der Waals surface area (Å²) in [6, 6.07) is 10.7. The van der Waals surface area contributed by atoms with Gasteiger partial charge in [0.25, 0.3) is 5.91 Å². The monoisotopic (exact) mass is 459 g/mol. The number of nitrogens with one attached hydrogen (secondary N) is 1. The summed E-state index contributed by atoms with van der Waals surface area (Å²) in [6.45, 7) is -0.569. The third kappa shape index (κ3) is 4.83. The molecule has 1 aliphatic heterocycles. The Morgan fingerprint density at radius 2 is 1.88 bits per heavy atom. The van der Waals surface area contributed by atoms with Crippen LogP contribution >= 0.6 is 0 Å². The summed E-state index contributed by atoms with van der Waals surface area (Å²) in [5.41, 5.74) is 3.05. The molecule has 0 fully saturated rings. The Balaban J connectivity index is 1.56. The normalized spacial score (nSPS) is 13.7. The molecule has 2 N–H and O–H groups in total. The number of anilines is 2. The Labute approximate surface area is 187 Å². The highest BCUT2D eigenvalue weighted by atomic mass is 19.2. The quantitative estimate of drug-likeness (QED) is 0.416. The lowest BCUT2D eigenvalue weighted by Crippen LogP contribution is -2.33. The molecule has 1 aliphatic rings. The molecule has 2 heterocycles. The van der Waals surface area contributed by atoms with Gasteiger partial charge in [-0.3, -0.25) is 4.79 Å². The van der Waals surface area contributed by atoms with Crippen LogP contribution < -0.4 is 10.2 Å². The number of aromatic nitrogens is 1. The molecule has 1 aromatic heterocycles. The van der Waals surface area contributed by atoms with E-state index in [1.807, 2.05) is 11.0 Å². The number of amides is 1. The van der Waals surface area contributed by atoms with Crippen LogP contribution in [0.4, 0.5) is 29.1 Å². The number of pyridine rings is 1. The van der Waals surface area contributed by atoms with E-state index in [1.165, 1.54) is 0 Å². The van der Waals surface area contributed by atoms with E-state index in [9.17, 15) is 27.5 Å². The number of aliphatic hydroxyl groups is 1. The molecule has 0 saturated heterocycles. The summed E-state index contributed by atoms with van der Waals surface area (Å²) >= 11 is 0. The SMILES string of the molecule is O=C(NC[C@H](O)CF)c1cccc2c1CCN2c1cc(Cc2cc(F)c(F)c(F)c2)ccn1. The highest BCUT2D eigenvalue weighted by Crippen LogP contribution is 2.36. The predicted molar refractivity (Wildman–Crippen MR) is 115 cm³/mol. The molecular formula is C24H21F4N3O2. The van der Waals surface area contributed by atoms with E-state index < -0.39 is 36.1 Å². The van der Waals surface area contributed by atoms with Crippen LogP contribution in [-0.4, -0.2) is 41.9 Å². The summed E-state index contributed by atoms with van der Waals surface area (Å²) in [6.07, 6.45) is 1.08. The van der Waals surface area contributed by atoms with E-state index in [0.29, 0.717) is 29.9 Å². The molecule has 0 bridgehead atoms. The molecule has 1 amide bonds. The standard InChI is InChI=1S/C24H21F4N3O2/c25-12-16(32)13-30-24(33)18-2-1-3-21-17(18)5-7-31(21)22-11-14(4-6-29-22)8-15-9-19(26)23(28)20(27)10-15/h1-4,6,9-11,16,32H,5,7-8,12-13H2,(H,30,33)/t16-/m1/s1. The van der Waals surface area contributed by atoms with Crippen LogP contribution in [-0.2, 0) is 12.8 Å². The van der Waals surface area contributed by atoms with E-state index in [2.05, 4.69) is 10.3 Å². The Hall–Kier alpha value is -3.46. The molecule has 33 heavy (non-hydrogen) atoms. The van der Waals surface area contributed by atoms with Crippen molar-refractivity contribution >= 4 is 17.4 Å². The molecule has 0 saturated carbocycles. The van der Waals surface area contributed by atoms with Crippen molar-refractivity contribution in [3.8, 4) is 0 Å². The number of rotatable bonds is 7.